The normalized spacial score (nSPS) is 10.9. The van der Waals surface area contributed by atoms with Crippen LogP contribution in [0.4, 0.5) is 14.5 Å². The van der Waals surface area contributed by atoms with Gasteiger partial charge in [-0.15, -0.1) is 5.10 Å². The summed E-state index contributed by atoms with van der Waals surface area (Å²) in [6.07, 6.45) is 0. The fourth-order valence-corrected chi connectivity index (χ4v) is 2.02. The molecule has 6 nitrogen and oxygen atoms in total. The molecule has 112 valence electrons. The van der Waals surface area contributed by atoms with Gasteiger partial charge in [-0.25, -0.2) is 18.3 Å². The molecule has 2 aromatic heterocycles. The van der Waals surface area contributed by atoms with Crippen molar-refractivity contribution in [1.29, 1.82) is 0 Å². The molecule has 0 spiro atoms. The molecule has 1 N–H and O–H groups in total. The molecule has 0 radical (unpaired) electrons. The number of anilines is 1. The van der Waals surface area contributed by atoms with Crippen LogP contribution in [0.3, 0.4) is 0 Å². The molecule has 0 aliphatic carbocycles. The lowest BCUT2D eigenvalue weighted by Crippen LogP contribution is -2.14. The lowest BCUT2D eigenvalue weighted by Gasteiger charge is -2.02. The summed E-state index contributed by atoms with van der Waals surface area (Å²) in [5, 5.41) is 6.46. The monoisotopic (exact) mass is 303 g/mol. The van der Waals surface area contributed by atoms with Crippen molar-refractivity contribution < 1.29 is 13.6 Å². The number of benzene rings is 1. The van der Waals surface area contributed by atoms with Gasteiger partial charge in [-0.2, -0.15) is 4.98 Å². The first kappa shape index (κ1) is 14.1. The van der Waals surface area contributed by atoms with Gasteiger partial charge in [0.2, 0.25) is 5.82 Å². The highest BCUT2D eigenvalue weighted by atomic mass is 19.2. The van der Waals surface area contributed by atoms with E-state index < -0.39 is 17.5 Å². The highest BCUT2D eigenvalue weighted by Gasteiger charge is 2.15. The molecule has 0 aliphatic heterocycles. The van der Waals surface area contributed by atoms with Gasteiger partial charge < -0.3 is 5.32 Å². The van der Waals surface area contributed by atoms with Gasteiger partial charge in [0.25, 0.3) is 11.7 Å². The van der Waals surface area contributed by atoms with Crippen LogP contribution in [0.5, 0.6) is 0 Å². The fraction of sp³-hybridized carbons (Fsp3) is 0.143. The second-order valence-electron chi connectivity index (χ2n) is 4.77. The minimum Gasteiger partial charge on any atom is -0.319 e. The number of halogens is 2. The van der Waals surface area contributed by atoms with Crippen LogP contribution in [0, 0.1) is 25.5 Å². The maximum atomic E-state index is 13.1. The molecule has 2 heterocycles. The van der Waals surface area contributed by atoms with Gasteiger partial charge in [-0.1, -0.05) is 0 Å². The number of hydrogen-bond donors (Lipinski definition) is 1. The smallest absolute Gasteiger partial charge is 0.295 e. The number of carbonyl (C=O) groups excluding carboxylic acids is 1. The summed E-state index contributed by atoms with van der Waals surface area (Å²) in [6, 6.07) is 4.87. The Bertz CT molecular complexity index is 890. The van der Waals surface area contributed by atoms with E-state index in [0.29, 0.717) is 5.78 Å². The molecule has 3 aromatic rings. The molecule has 0 saturated heterocycles. The van der Waals surface area contributed by atoms with Crippen LogP contribution in [-0.4, -0.2) is 25.5 Å². The summed E-state index contributed by atoms with van der Waals surface area (Å²) in [5.41, 5.74) is 1.65. The maximum Gasteiger partial charge on any atom is 0.295 e. The topological polar surface area (TPSA) is 72.2 Å². The lowest BCUT2D eigenvalue weighted by atomic mass is 10.3. The third-order valence-electron chi connectivity index (χ3n) is 3.00. The zero-order chi connectivity index (χ0) is 15.9. The van der Waals surface area contributed by atoms with Crippen molar-refractivity contribution in [1.82, 2.24) is 19.6 Å². The van der Waals surface area contributed by atoms with E-state index in [1.807, 2.05) is 13.8 Å². The van der Waals surface area contributed by atoms with E-state index in [4.69, 9.17) is 0 Å². The minimum atomic E-state index is -1.05. The Balaban J connectivity index is 1.91. The average Bonchev–Trinajstić information content (AvgIpc) is 2.87. The molecule has 8 heteroatoms. The predicted octanol–water partition coefficient (Wildman–Crippen LogP) is 2.27. The lowest BCUT2D eigenvalue weighted by molar-refractivity contribution is 0.101. The molecule has 22 heavy (non-hydrogen) atoms. The first-order valence-electron chi connectivity index (χ1n) is 6.41. The number of aromatic nitrogens is 4. The summed E-state index contributed by atoms with van der Waals surface area (Å²) in [5.74, 6) is -2.47. The van der Waals surface area contributed by atoms with E-state index in [-0.39, 0.29) is 11.5 Å². The Kier molecular flexibility index (Phi) is 3.28. The number of fused-ring (bicyclic) bond motifs is 1. The van der Waals surface area contributed by atoms with Crippen molar-refractivity contribution in [3.05, 3.63) is 53.1 Å². The first-order valence-corrected chi connectivity index (χ1v) is 6.41. The van der Waals surface area contributed by atoms with Gasteiger partial charge in [0, 0.05) is 23.1 Å². The molecular weight excluding hydrogens is 292 g/mol. The van der Waals surface area contributed by atoms with Gasteiger partial charge in [0.15, 0.2) is 11.6 Å². The van der Waals surface area contributed by atoms with Gasteiger partial charge in [0.1, 0.15) is 0 Å². The van der Waals surface area contributed by atoms with Crippen LogP contribution in [0.25, 0.3) is 5.78 Å². The number of aryl methyl sites for hydroxylation is 2. The van der Waals surface area contributed by atoms with Crippen molar-refractivity contribution in [2.75, 3.05) is 5.32 Å². The number of rotatable bonds is 2. The Morgan fingerprint density at radius 3 is 2.64 bits per heavy atom. The highest BCUT2D eigenvalue weighted by molar-refractivity contribution is 6.01. The van der Waals surface area contributed by atoms with Gasteiger partial charge in [-0.3, -0.25) is 4.79 Å². The molecule has 1 aromatic carbocycles. The summed E-state index contributed by atoms with van der Waals surface area (Å²) >= 11 is 0. The van der Waals surface area contributed by atoms with Crippen LogP contribution in [0.1, 0.15) is 22.0 Å². The summed E-state index contributed by atoms with van der Waals surface area (Å²) in [6.45, 7) is 3.62. The molecule has 0 atom stereocenters. The van der Waals surface area contributed by atoms with E-state index in [9.17, 15) is 13.6 Å². The molecule has 3 rings (SSSR count). The zero-order valence-electron chi connectivity index (χ0n) is 11.8. The molecule has 0 fully saturated rings. The van der Waals surface area contributed by atoms with Crippen molar-refractivity contribution >= 4 is 17.4 Å². The van der Waals surface area contributed by atoms with Crippen molar-refractivity contribution in [2.24, 2.45) is 0 Å². The second kappa shape index (κ2) is 5.14. The van der Waals surface area contributed by atoms with Crippen LogP contribution in [-0.2, 0) is 0 Å². The Labute approximate surface area is 123 Å². The molecule has 0 bridgehead atoms. The van der Waals surface area contributed by atoms with Crippen molar-refractivity contribution in [3.63, 3.8) is 0 Å². The highest BCUT2D eigenvalue weighted by Crippen LogP contribution is 2.14. The third kappa shape index (κ3) is 2.50. The maximum absolute atomic E-state index is 13.1. The van der Waals surface area contributed by atoms with E-state index in [0.717, 1.165) is 23.5 Å². The summed E-state index contributed by atoms with van der Waals surface area (Å²) in [7, 11) is 0. The van der Waals surface area contributed by atoms with Crippen LogP contribution >= 0.6 is 0 Å². The third-order valence-corrected chi connectivity index (χ3v) is 3.00. The first-order chi connectivity index (χ1) is 10.4. The molecule has 1 amide bonds. The van der Waals surface area contributed by atoms with Gasteiger partial charge >= 0.3 is 0 Å². The summed E-state index contributed by atoms with van der Waals surface area (Å²) < 4.78 is 27.4. The zero-order valence-corrected chi connectivity index (χ0v) is 11.8. The SMILES string of the molecule is Cc1cc(C)n2nc(C(=O)Nc3ccc(F)c(F)c3)nc2n1. The van der Waals surface area contributed by atoms with Gasteiger partial charge in [0.05, 0.1) is 0 Å². The Hall–Kier alpha value is -2.90. The summed E-state index contributed by atoms with van der Waals surface area (Å²) in [4.78, 5) is 20.3. The van der Waals surface area contributed by atoms with E-state index in [1.165, 1.54) is 10.6 Å². The predicted molar refractivity (Wildman–Crippen MR) is 74.6 cm³/mol. The molecule has 0 unspecified atom stereocenters. The minimum absolute atomic E-state index is 0.106. The molecule has 0 saturated carbocycles. The molecular formula is C14H11F2N5O. The quantitative estimate of drug-likeness (QED) is 0.788. The largest absolute Gasteiger partial charge is 0.319 e. The Morgan fingerprint density at radius 2 is 1.91 bits per heavy atom. The van der Waals surface area contributed by atoms with Crippen LogP contribution in [0.15, 0.2) is 24.3 Å². The second-order valence-corrected chi connectivity index (χ2v) is 4.77. The Morgan fingerprint density at radius 1 is 1.14 bits per heavy atom. The van der Waals surface area contributed by atoms with Crippen molar-refractivity contribution in [3.8, 4) is 0 Å². The van der Waals surface area contributed by atoms with Crippen LogP contribution in [0.2, 0.25) is 0 Å². The van der Waals surface area contributed by atoms with Gasteiger partial charge in [-0.05, 0) is 32.0 Å². The van der Waals surface area contributed by atoms with E-state index >= 15 is 0 Å². The fourth-order valence-electron chi connectivity index (χ4n) is 2.02. The average molecular weight is 303 g/mol. The molecule has 0 aliphatic rings. The van der Waals surface area contributed by atoms with E-state index in [1.54, 1.807) is 6.07 Å². The number of nitrogens with zero attached hydrogens (tertiary/aromatic N) is 4. The standard InChI is InChI=1S/C14H11F2N5O/c1-7-5-8(2)21-14(17-7)19-12(20-21)13(22)18-9-3-4-10(15)11(16)6-9/h3-6H,1-2H3,(H,18,22). The number of hydrogen-bond acceptors (Lipinski definition) is 4. The number of carbonyl (C=O) groups is 1. The van der Waals surface area contributed by atoms with E-state index in [2.05, 4.69) is 20.4 Å². The van der Waals surface area contributed by atoms with Crippen molar-refractivity contribution in [2.45, 2.75) is 13.8 Å². The number of nitrogens with one attached hydrogen (secondary N) is 1. The van der Waals surface area contributed by atoms with Crippen LogP contribution < -0.4 is 5.32 Å². The number of amides is 1.